The molecule has 0 aliphatic rings. The molecule has 118 valence electrons. The molecule has 0 amide bonds. The van der Waals surface area contributed by atoms with Crippen LogP contribution in [0.2, 0.25) is 0 Å². The Morgan fingerprint density at radius 3 is 2.67 bits per heavy atom. The summed E-state index contributed by atoms with van der Waals surface area (Å²) in [6, 6.07) is 4.70. The molecule has 0 fully saturated rings. The van der Waals surface area contributed by atoms with Gasteiger partial charge in [0.15, 0.2) is 5.84 Å². The van der Waals surface area contributed by atoms with E-state index in [-0.39, 0.29) is 23.4 Å². The van der Waals surface area contributed by atoms with Crippen LogP contribution >= 0.6 is 0 Å². The van der Waals surface area contributed by atoms with Crippen molar-refractivity contribution in [3.8, 4) is 0 Å². The minimum atomic E-state index is -0.523. The van der Waals surface area contributed by atoms with Crippen molar-refractivity contribution >= 4 is 5.84 Å². The Morgan fingerprint density at radius 2 is 2.10 bits per heavy atom. The minimum absolute atomic E-state index is 0.0400. The summed E-state index contributed by atoms with van der Waals surface area (Å²) < 4.78 is 14.1. The number of aliphatic hydroxyl groups excluding tert-OH is 1. The van der Waals surface area contributed by atoms with Gasteiger partial charge >= 0.3 is 0 Å². The van der Waals surface area contributed by atoms with Gasteiger partial charge in [-0.1, -0.05) is 38.1 Å². The summed E-state index contributed by atoms with van der Waals surface area (Å²) in [6.07, 6.45) is 0.174. The first-order valence-electron chi connectivity index (χ1n) is 6.88. The summed E-state index contributed by atoms with van der Waals surface area (Å²) >= 11 is 0. The summed E-state index contributed by atoms with van der Waals surface area (Å²) in [4.78, 5) is 0. The fraction of sp³-hybridized carbons (Fsp3) is 0.533. The van der Waals surface area contributed by atoms with E-state index in [1.807, 2.05) is 0 Å². The van der Waals surface area contributed by atoms with Crippen LogP contribution in [0.1, 0.15) is 38.3 Å². The second-order valence-electron chi connectivity index (χ2n) is 6.31. The summed E-state index contributed by atoms with van der Waals surface area (Å²) in [5, 5.41) is 24.3. The molecule has 6 heteroatoms. The van der Waals surface area contributed by atoms with Gasteiger partial charge in [0.1, 0.15) is 5.82 Å². The van der Waals surface area contributed by atoms with Gasteiger partial charge in [0.05, 0.1) is 11.7 Å². The maximum absolute atomic E-state index is 14.1. The summed E-state index contributed by atoms with van der Waals surface area (Å²) in [5.41, 5.74) is 5.92. The molecular formula is C15H24FN3O2. The number of benzene rings is 1. The van der Waals surface area contributed by atoms with Gasteiger partial charge in [-0.15, -0.1) is 0 Å². The van der Waals surface area contributed by atoms with Gasteiger partial charge in [-0.3, -0.25) is 0 Å². The largest absolute Gasteiger partial charge is 0.409 e. The molecule has 0 aliphatic carbocycles. The molecule has 0 saturated carbocycles. The molecule has 1 rings (SSSR count). The SMILES string of the molecule is CC(C)(C)CC(O)CNCc1cccc(/C(N)=N/O)c1F. The number of nitrogens with zero attached hydrogens (tertiary/aromatic N) is 1. The first-order valence-corrected chi connectivity index (χ1v) is 6.88. The highest BCUT2D eigenvalue weighted by atomic mass is 19.1. The molecule has 1 atom stereocenters. The van der Waals surface area contributed by atoms with E-state index in [0.29, 0.717) is 18.5 Å². The van der Waals surface area contributed by atoms with E-state index >= 15 is 0 Å². The van der Waals surface area contributed by atoms with Gasteiger partial charge in [-0.25, -0.2) is 4.39 Å². The number of hydrogen-bond acceptors (Lipinski definition) is 4. The summed E-state index contributed by atoms with van der Waals surface area (Å²) in [7, 11) is 0. The Kier molecular flexibility index (Phi) is 6.11. The molecule has 1 aromatic carbocycles. The van der Waals surface area contributed by atoms with E-state index in [9.17, 15) is 9.50 Å². The lowest BCUT2D eigenvalue weighted by Gasteiger charge is -2.22. The van der Waals surface area contributed by atoms with Crippen LogP contribution in [-0.2, 0) is 6.54 Å². The zero-order valence-electron chi connectivity index (χ0n) is 12.7. The molecule has 5 N–H and O–H groups in total. The molecule has 0 heterocycles. The molecule has 0 bridgehead atoms. The number of nitrogens with one attached hydrogen (secondary N) is 1. The molecule has 0 radical (unpaired) electrons. The van der Waals surface area contributed by atoms with Crippen molar-refractivity contribution < 1.29 is 14.7 Å². The average molecular weight is 297 g/mol. The first kappa shape index (κ1) is 17.4. The van der Waals surface area contributed by atoms with Crippen LogP contribution < -0.4 is 11.1 Å². The van der Waals surface area contributed by atoms with E-state index in [1.165, 1.54) is 6.07 Å². The van der Waals surface area contributed by atoms with E-state index in [4.69, 9.17) is 10.9 Å². The van der Waals surface area contributed by atoms with Gasteiger partial charge < -0.3 is 21.4 Å². The molecule has 0 spiro atoms. The highest BCUT2D eigenvalue weighted by Crippen LogP contribution is 2.20. The van der Waals surface area contributed by atoms with Gasteiger partial charge in [-0.2, -0.15) is 0 Å². The topological polar surface area (TPSA) is 90.9 Å². The Morgan fingerprint density at radius 1 is 1.43 bits per heavy atom. The lowest BCUT2D eigenvalue weighted by atomic mass is 9.89. The number of amidine groups is 1. The predicted molar refractivity (Wildman–Crippen MR) is 80.7 cm³/mol. The monoisotopic (exact) mass is 297 g/mol. The lowest BCUT2D eigenvalue weighted by molar-refractivity contribution is 0.119. The van der Waals surface area contributed by atoms with Crippen LogP contribution in [0.25, 0.3) is 0 Å². The van der Waals surface area contributed by atoms with E-state index in [2.05, 4.69) is 31.2 Å². The number of nitrogens with two attached hydrogens (primary N) is 1. The minimum Gasteiger partial charge on any atom is -0.409 e. The number of aliphatic hydroxyl groups is 1. The van der Waals surface area contributed by atoms with E-state index in [0.717, 1.165) is 0 Å². The van der Waals surface area contributed by atoms with Crippen LogP contribution in [0.3, 0.4) is 0 Å². The van der Waals surface area contributed by atoms with Gasteiger partial charge in [0, 0.05) is 18.7 Å². The fourth-order valence-electron chi connectivity index (χ4n) is 2.12. The Hall–Kier alpha value is -1.66. The molecule has 1 unspecified atom stereocenters. The highest BCUT2D eigenvalue weighted by Gasteiger charge is 2.17. The van der Waals surface area contributed by atoms with E-state index < -0.39 is 11.9 Å². The molecule has 1 aromatic rings. The third-order valence-corrected chi connectivity index (χ3v) is 3.01. The highest BCUT2D eigenvalue weighted by molar-refractivity contribution is 5.97. The van der Waals surface area contributed by atoms with Crippen LogP contribution in [0.15, 0.2) is 23.4 Å². The molecule has 0 saturated heterocycles. The standard InChI is InChI=1S/C15H24FN3O2/c1-15(2,3)7-11(20)9-18-8-10-5-4-6-12(13(10)16)14(17)19-21/h4-6,11,18,20-21H,7-9H2,1-3H3,(H2,17,19). The average Bonchev–Trinajstić information content (AvgIpc) is 2.38. The van der Waals surface area contributed by atoms with Crippen LogP contribution in [0, 0.1) is 11.2 Å². The van der Waals surface area contributed by atoms with Crippen molar-refractivity contribution in [1.82, 2.24) is 5.32 Å². The van der Waals surface area contributed by atoms with Crippen LogP contribution in [0.5, 0.6) is 0 Å². The zero-order valence-corrected chi connectivity index (χ0v) is 12.7. The summed E-state index contributed by atoms with van der Waals surface area (Å²) in [5.74, 6) is -0.785. The number of rotatable bonds is 6. The van der Waals surface area contributed by atoms with Crippen molar-refractivity contribution in [3.05, 3.63) is 35.1 Å². The smallest absolute Gasteiger partial charge is 0.173 e. The molecule has 0 aliphatic heterocycles. The van der Waals surface area contributed by atoms with Gasteiger partial charge in [0.2, 0.25) is 0 Å². The maximum atomic E-state index is 14.1. The van der Waals surface area contributed by atoms with Crippen molar-refractivity contribution in [2.45, 2.75) is 39.8 Å². The van der Waals surface area contributed by atoms with Gasteiger partial charge in [0.25, 0.3) is 0 Å². The molecular weight excluding hydrogens is 273 g/mol. The molecule has 21 heavy (non-hydrogen) atoms. The summed E-state index contributed by atoms with van der Waals surface area (Å²) in [6.45, 7) is 6.80. The fourth-order valence-corrected chi connectivity index (χ4v) is 2.12. The normalized spacial score (nSPS) is 14.2. The quantitative estimate of drug-likeness (QED) is 0.279. The third kappa shape index (κ3) is 5.69. The second-order valence-corrected chi connectivity index (χ2v) is 6.31. The Labute approximate surface area is 124 Å². The second kappa shape index (κ2) is 7.38. The van der Waals surface area contributed by atoms with Crippen molar-refractivity contribution in [1.29, 1.82) is 0 Å². The van der Waals surface area contributed by atoms with Gasteiger partial charge in [-0.05, 0) is 17.9 Å². The lowest BCUT2D eigenvalue weighted by Crippen LogP contribution is -2.30. The first-order chi connectivity index (χ1) is 9.74. The molecule has 0 aromatic heterocycles. The van der Waals surface area contributed by atoms with Crippen LogP contribution in [0.4, 0.5) is 4.39 Å². The Bertz CT molecular complexity index is 498. The number of hydrogen-bond donors (Lipinski definition) is 4. The van der Waals surface area contributed by atoms with Crippen molar-refractivity contribution in [2.75, 3.05) is 6.54 Å². The van der Waals surface area contributed by atoms with Crippen molar-refractivity contribution in [2.24, 2.45) is 16.3 Å². The molecule has 5 nitrogen and oxygen atoms in total. The predicted octanol–water partition coefficient (Wildman–Crippen LogP) is 1.81. The maximum Gasteiger partial charge on any atom is 0.173 e. The van der Waals surface area contributed by atoms with Crippen LogP contribution in [-0.4, -0.2) is 28.8 Å². The zero-order chi connectivity index (χ0) is 16.0. The van der Waals surface area contributed by atoms with E-state index in [1.54, 1.807) is 12.1 Å². The number of oxime groups is 1. The number of halogens is 1. The van der Waals surface area contributed by atoms with Crippen molar-refractivity contribution in [3.63, 3.8) is 0 Å². The third-order valence-electron chi connectivity index (χ3n) is 3.01. The Balaban J connectivity index is 2.61.